The molecule has 1 aromatic carbocycles. The first-order valence-corrected chi connectivity index (χ1v) is 6.46. The van der Waals surface area contributed by atoms with E-state index in [1.54, 1.807) is 0 Å². The summed E-state index contributed by atoms with van der Waals surface area (Å²) in [5, 5.41) is 0. The normalized spacial score (nSPS) is 19.7. The Morgan fingerprint density at radius 1 is 1.44 bits per heavy atom. The van der Waals surface area contributed by atoms with Crippen LogP contribution in [0.5, 0.6) is 0 Å². The third-order valence-corrected chi connectivity index (χ3v) is 3.37. The lowest BCUT2D eigenvalue weighted by atomic mass is 10.1. The molecule has 0 bridgehead atoms. The SMILES string of the molecule is CN(Cc1ccc(F)cc1CN)CC1CCCO1. The van der Waals surface area contributed by atoms with Crippen molar-refractivity contribution < 1.29 is 9.13 Å². The van der Waals surface area contributed by atoms with Gasteiger partial charge in [-0.25, -0.2) is 4.39 Å². The molecule has 4 heteroatoms. The molecule has 0 amide bonds. The number of hydrogen-bond acceptors (Lipinski definition) is 3. The minimum atomic E-state index is -0.221. The summed E-state index contributed by atoms with van der Waals surface area (Å²) in [6, 6.07) is 4.84. The number of benzene rings is 1. The summed E-state index contributed by atoms with van der Waals surface area (Å²) in [6.07, 6.45) is 2.64. The van der Waals surface area contributed by atoms with Gasteiger partial charge in [-0.1, -0.05) is 6.07 Å². The zero-order valence-electron chi connectivity index (χ0n) is 10.9. The van der Waals surface area contributed by atoms with Crippen molar-refractivity contribution >= 4 is 0 Å². The van der Waals surface area contributed by atoms with Crippen LogP contribution in [-0.4, -0.2) is 31.2 Å². The van der Waals surface area contributed by atoms with E-state index in [2.05, 4.69) is 11.9 Å². The lowest BCUT2D eigenvalue weighted by molar-refractivity contribution is 0.0792. The van der Waals surface area contributed by atoms with Gasteiger partial charge in [0.25, 0.3) is 0 Å². The molecule has 0 radical (unpaired) electrons. The molecule has 0 aromatic heterocycles. The average molecular weight is 252 g/mol. The Bertz CT molecular complexity index is 391. The van der Waals surface area contributed by atoms with E-state index in [0.29, 0.717) is 12.6 Å². The van der Waals surface area contributed by atoms with Gasteiger partial charge in [0.2, 0.25) is 0 Å². The predicted octanol–water partition coefficient (Wildman–Crippen LogP) is 1.90. The molecule has 1 unspecified atom stereocenters. The number of hydrogen-bond donors (Lipinski definition) is 1. The van der Waals surface area contributed by atoms with Crippen molar-refractivity contribution in [2.24, 2.45) is 5.73 Å². The lowest BCUT2D eigenvalue weighted by Gasteiger charge is -2.21. The maximum atomic E-state index is 13.1. The second-order valence-corrected chi connectivity index (χ2v) is 4.95. The third kappa shape index (κ3) is 3.51. The number of nitrogens with zero attached hydrogens (tertiary/aromatic N) is 1. The highest BCUT2D eigenvalue weighted by Crippen LogP contribution is 2.16. The van der Waals surface area contributed by atoms with E-state index in [0.717, 1.165) is 43.7 Å². The second-order valence-electron chi connectivity index (χ2n) is 4.95. The molecule has 18 heavy (non-hydrogen) atoms. The predicted molar refractivity (Wildman–Crippen MR) is 69.6 cm³/mol. The van der Waals surface area contributed by atoms with Crippen molar-refractivity contribution in [1.29, 1.82) is 0 Å². The molecule has 1 heterocycles. The van der Waals surface area contributed by atoms with Crippen molar-refractivity contribution in [3.63, 3.8) is 0 Å². The molecular formula is C14H21FN2O. The highest BCUT2D eigenvalue weighted by Gasteiger charge is 2.17. The van der Waals surface area contributed by atoms with Gasteiger partial charge in [0, 0.05) is 26.2 Å². The summed E-state index contributed by atoms with van der Waals surface area (Å²) in [4.78, 5) is 2.21. The number of ether oxygens (including phenoxy) is 1. The monoisotopic (exact) mass is 252 g/mol. The fourth-order valence-corrected chi connectivity index (χ4v) is 2.43. The molecule has 0 aliphatic carbocycles. The number of nitrogens with two attached hydrogens (primary N) is 1. The molecule has 2 N–H and O–H groups in total. The standard InChI is InChI=1S/C14H21FN2O/c1-17(10-14-3-2-6-18-14)9-11-4-5-13(15)7-12(11)8-16/h4-5,7,14H,2-3,6,8-10,16H2,1H3. The topological polar surface area (TPSA) is 38.5 Å². The van der Waals surface area contributed by atoms with Gasteiger partial charge in [-0.3, -0.25) is 4.90 Å². The molecule has 3 nitrogen and oxygen atoms in total. The van der Waals surface area contributed by atoms with Crippen LogP contribution in [0.3, 0.4) is 0 Å². The van der Waals surface area contributed by atoms with Crippen LogP contribution in [0.2, 0.25) is 0 Å². The van der Waals surface area contributed by atoms with E-state index >= 15 is 0 Å². The van der Waals surface area contributed by atoms with Crippen LogP contribution >= 0.6 is 0 Å². The van der Waals surface area contributed by atoms with Crippen LogP contribution in [0.1, 0.15) is 24.0 Å². The highest BCUT2D eigenvalue weighted by atomic mass is 19.1. The first-order chi connectivity index (χ1) is 8.69. The zero-order valence-corrected chi connectivity index (χ0v) is 10.9. The number of rotatable bonds is 5. The number of halogens is 1. The Balaban J connectivity index is 1.95. The Hall–Kier alpha value is -0.970. The molecular weight excluding hydrogens is 231 g/mol. The van der Waals surface area contributed by atoms with Gasteiger partial charge in [-0.15, -0.1) is 0 Å². The van der Waals surface area contributed by atoms with Crippen LogP contribution in [0.4, 0.5) is 4.39 Å². The summed E-state index contributed by atoms with van der Waals surface area (Å²) >= 11 is 0. The molecule has 1 aromatic rings. The van der Waals surface area contributed by atoms with Crippen molar-refractivity contribution in [3.8, 4) is 0 Å². The average Bonchev–Trinajstić information content (AvgIpc) is 2.84. The highest BCUT2D eigenvalue weighted by molar-refractivity contribution is 5.27. The molecule has 100 valence electrons. The van der Waals surface area contributed by atoms with Gasteiger partial charge in [0.15, 0.2) is 0 Å². The van der Waals surface area contributed by atoms with Crippen LogP contribution in [0.25, 0.3) is 0 Å². The van der Waals surface area contributed by atoms with Crippen molar-refractivity contribution in [2.45, 2.75) is 32.0 Å². The fraction of sp³-hybridized carbons (Fsp3) is 0.571. The maximum Gasteiger partial charge on any atom is 0.123 e. The molecule has 1 aliphatic rings. The van der Waals surface area contributed by atoms with Crippen LogP contribution in [-0.2, 0) is 17.8 Å². The molecule has 2 rings (SSSR count). The second kappa shape index (κ2) is 6.27. The molecule has 1 aliphatic heterocycles. The van der Waals surface area contributed by atoms with E-state index in [1.165, 1.54) is 12.1 Å². The first kappa shape index (κ1) is 13.5. The Morgan fingerprint density at radius 3 is 2.94 bits per heavy atom. The summed E-state index contributed by atoms with van der Waals surface area (Å²) in [7, 11) is 2.06. The van der Waals surface area contributed by atoms with Gasteiger partial charge < -0.3 is 10.5 Å². The van der Waals surface area contributed by atoms with E-state index in [-0.39, 0.29) is 5.82 Å². The quantitative estimate of drug-likeness (QED) is 0.869. The smallest absolute Gasteiger partial charge is 0.123 e. The Morgan fingerprint density at radius 2 is 2.28 bits per heavy atom. The van der Waals surface area contributed by atoms with Gasteiger partial charge >= 0.3 is 0 Å². The molecule has 0 saturated carbocycles. The van der Waals surface area contributed by atoms with Crippen LogP contribution < -0.4 is 5.73 Å². The molecule has 1 saturated heterocycles. The van der Waals surface area contributed by atoms with Gasteiger partial charge in [0.05, 0.1) is 6.10 Å². The minimum Gasteiger partial charge on any atom is -0.377 e. The van der Waals surface area contributed by atoms with E-state index in [9.17, 15) is 4.39 Å². The number of likely N-dealkylation sites (N-methyl/N-ethyl adjacent to an activating group) is 1. The largest absolute Gasteiger partial charge is 0.377 e. The van der Waals surface area contributed by atoms with Crippen molar-refractivity contribution in [2.75, 3.05) is 20.2 Å². The van der Waals surface area contributed by atoms with Crippen molar-refractivity contribution in [1.82, 2.24) is 4.90 Å². The first-order valence-electron chi connectivity index (χ1n) is 6.46. The molecule has 1 atom stereocenters. The van der Waals surface area contributed by atoms with Gasteiger partial charge in [0.1, 0.15) is 5.82 Å². The van der Waals surface area contributed by atoms with Crippen LogP contribution in [0.15, 0.2) is 18.2 Å². The van der Waals surface area contributed by atoms with Crippen LogP contribution in [0, 0.1) is 5.82 Å². The third-order valence-electron chi connectivity index (χ3n) is 3.37. The summed E-state index contributed by atoms with van der Waals surface area (Å²) in [6.45, 7) is 2.96. The maximum absolute atomic E-state index is 13.1. The summed E-state index contributed by atoms with van der Waals surface area (Å²) in [5.74, 6) is -0.221. The lowest BCUT2D eigenvalue weighted by Crippen LogP contribution is -2.28. The Labute approximate surface area is 108 Å². The van der Waals surface area contributed by atoms with Gasteiger partial charge in [-0.05, 0) is 43.1 Å². The van der Waals surface area contributed by atoms with E-state index < -0.39 is 0 Å². The Kier molecular flexibility index (Phi) is 4.69. The molecule has 1 fully saturated rings. The van der Waals surface area contributed by atoms with Gasteiger partial charge in [-0.2, -0.15) is 0 Å². The summed E-state index contributed by atoms with van der Waals surface area (Å²) < 4.78 is 18.7. The fourth-order valence-electron chi connectivity index (χ4n) is 2.43. The zero-order chi connectivity index (χ0) is 13.0. The van der Waals surface area contributed by atoms with Crippen molar-refractivity contribution in [3.05, 3.63) is 35.1 Å². The van der Waals surface area contributed by atoms with E-state index in [1.807, 2.05) is 6.07 Å². The molecule has 0 spiro atoms. The minimum absolute atomic E-state index is 0.221. The summed E-state index contributed by atoms with van der Waals surface area (Å²) in [5.41, 5.74) is 7.63. The van der Waals surface area contributed by atoms with E-state index in [4.69, 9.17) is 10.5 Å².